The van der Waals surface area contributed by atoms with Crippen molar-refractivity contribution >= 4 is 15.9 Å². The maximum absolute atomic E-state index is 12.6. The number of hydrogen-bond donors (Lipinski definition) is 1. The predicted molar refractivity (Wildman–Crippen MR) is 117 cm³/mol. The van der Waals surface area contributed by atoms with E-state index in [4.69, 9.17) is 9.47 Å². The van der Waals surface area contributed by atoms with E-state index in [0.717, 1.165) is 5.56 Å². The summed E-state index contributed by atoms with van der Waals surface area (Å²) in [6, 6.07) is 12.0. The number of aromatic nitrogens is 2. The molecule has 0 saturated heterocycles. The lowest BCUT2D eigenvalue weighted by Gasteiger charge is -2.18. The van der Waals surface area contributed by atoms with Crippen LogP contribution in [0.3, 0.4) is 0 Å². The highest BCUT2D eigenvalue weighted by atomic mass is 32.2. The van der Waals surface area contributed by atoms with Crippen LogP contribution in [-0.2, 0) is 16.6 Å². The number of rotatable bonds is 8. The topological polar surface area (TPSA) is 103 Å². The van der Waals surface area contributed by atoms with Crippen molar-refractivity contribution in [1.29, 1.82) is 0 Å². The second kappa shape index (κ2) is 9.01. The molecule has 2 heterocycles. The largest absolute Gasteiger partial charge is 0.454 e. The van der Waals surface area contributed by atoms with Gasteiger partial charge in [-0.25, -0.2) is 13.4 Å². The van der Waals surface area contributed by atoms with E-state index < -0.39 is 10.0 Å². The average molecular weight is 457 g/mol. The van der Waals surface area contributed by atoms with Crippen LogP contribution in [0, 0.1) is 0 Å². The Balaban J connectivity index is 1.42. The molecule has 10 heteroatoms. The molecule has 0 bridgehead atoms. The number of carbonyl (C=O) groups excluding carboxylic acids is 1. The number of benzene rings is 2. The number of nitrogens with zero attached hydrogens (tertiary/aromatic N) is 3. The van der Waals surface area contributed by atoms with Crippen molar-refractivity contribution in [2.75, 3.05) is 19.9 Å². The molecule has 1 N–H and O–H groups in total. The second-order valence-electron chi connectivity index (χ2n) is 7.12. The van der Waals surface area contributed by atoms with Crippen LogP contribution >= 0.6 is 0 Å². The van der Waals surface area contributed by atoms with Crippen LogP contribution in [0.25, 0.3) is 5.69 Å². The molecular formula is C22H24N4O5S. The van der Waals surface area contributed by atoms with E-state index in [2.05, 4.69) is 10.3 Å². The summed E-state index contributed by atoms with van der Waals surface area (Å²) in [5, 5.41) is 2.83. The lowest BCUT2D eigenvalue weighted by atomic mass is 10.2. The fraction of sp³-hybridized carbons (Fsp3) is 0.273. The summed E-state index contributed by atoms with van der Waals surface area (Å²) < 4.78 is 39.0. The van der Waals surface area contributed by atoms with E-state index in [1.54, 1.807) is 48.9 Å². The molecule has 0 spiro atoms. The van der Waals surface area contributed by atoms with Crippen LogP contribution in [0.4, 0.5) is 0 Å². The molecule has 32 heavy (non-hydrogen) atoms. The van der Waals surface area contributed by atoms with Gasteiger partial charge >= 0.3 is 0 Å². The Morgan fingerprint density at radius 1 is 1.09 bits per heavy atom. The zero-order chi connectivity index (χ0) is 22.7. The van der Waals surface area contributed by atoms with Crippen molar-refractivity contribution in [2.24, 2.45) is 0 Å². The van der Waals surface area contributed by atoms with Crippen molar-refractivity contribution in [2.45, 2.75) is 25.3 Å². The van der Waals surface area contributed by atoms with Crippen molar-refractivity contribution in [3.05, 3.63) is 66.2 Å². The van der Waals surface area contributed by atoms with Crippen molar-refractivity contribution in [1.82, 2.24) is 19.2 Å². The van der Waals surface area contributed by atoms with Gasteiger partial charge in [0.15, 0.2) is 11.5 Å². The molecule has 2 aromatic carbocycles. The Morgan fingerprint density at radius 3 is 2.53 bits per heavy atom. The zero-order valence-corrected chi connectivity index (χ0v) is 18.6. The number of ether oxygens (including phenoxy) is 2. The minimum absolute atomic E-state index is 0.199. The van der Waals surface area contributed by atoms with Gasteiger partial charge in [0.25, 0.3) is 5.91 Å². The quantitative estimate of drug-likeness (QED) is 0.559. The Kier molecular flexibility index (Phi) is 6.15. The van der Waals surface area contributed by atoms with Gasteiger partial charge in [0.1, 0.15) is 12.0 Å². The summed E-state index contributed by atoms with van der Waals surface area (Å²) in [6.07, 6.45) is 3.12. The summed E-state index contributed by atoms with van der Waals surface area (Å²) >= 11 is 0. The van der Waals surface area contributed by atoms with Crippen LogP contribution in [-0.4, -0.2) is 48.1 Å². The van der Waals surface area contributed by atoms with Gasteiger partial charge < -0.3 is 19.4 Å². The molecule has 0 fully saturated rings. The Morgan fingerprint density at radius 2 is 1.81 bits per heavy atom. The van der Waals surface area contributed by atoms with Crippen molar-refractivity contribution < 1.29 is 22.7 Å². The molecule has 3 aromatic rings. The van der Waals surface area contributed by atoms with Crippen LogP contribution in [0.1, 0.15) is 29.9 Å². The zero-order valence-electron chi connectivity index (χ0n) is 17.8. The molecule has 0 unspecified atom stereocenters. The molecule has 0 aliphatic carbocycles. The summed E-state index contributed by atoms with van der Waals surface area (Å²) in [5.41, 5.74) is 1.84. The number of carbonyl (C=O) groups is 1. The molecule has 1 aromatic heterocycles. The molecule has 168 valence electrons. The standard InChI is InChI=1S/C22H24N4O5S/c1-3-26(4-2)32(28,29)18-8-6-17(7-9-18)25-13-19(24-14-25)22(27)23-12-16-5-10-20-21(11-16)31-15-30-20/h5-11,13-14H,3-4,12,15H2,1-2H3,(H,23,27). The molecule has 0 saturated carbocycles. The van der Waals surface area contributed by atoms with Crippen LogP contribution in [0.15, 0.2) is 59.9 Å². The van der Waals surface area contributed by atoms with Gasteiger partial charge in [-0.2, -0.15) is 4.31 Å². The summed E-state index contributed by atoms with van der Waals surface area (Å²) in [4.78, 5) is 16.9. The first-order valence-corrected chi connectivity index (χ1v) is 11.7. The normalized spacial score (nSPS) is 12.8. The molecular weight excluding hydrogens is 432 g/mol. The molecule has 1 aliphatic rings. The number of nitrogens with one attached hydrogen (secondary N) is 1. The van der Waals surface area contributed by atoms with Gasteiger partial charge in [-0.1, -0.05) is 19.9 Å². The van der Waals surface area contributed by atoms with Gasteiger partial charge in [-0.05, 0) is 42.0 Å². The fourth-order valence-electron chi connectivity index (χ4n) is 3.41. The van der Waals surface area contributed by atoms with E-state index in [1.807, 2.05) is 18.2 Å². The van der Waals surface area contributed by atoms with E-state index in [0.29, 0.717) is 36.8 Å². The smallest absolute Gasteiger partial charge is 0.271 e. The fourth-order valence-corrected chi connectivity index (χ4v) is 4.87. The molecule has 0 atom stereocenters. The summed E-state index contributed by atoms with van der Waals surface area (Å²) in [5.74, 6) is 1.03. The maximum Gasteiger partial charge on any atom is 0.271 e. The lowest BCUT2D eigenvalue weighted by molar-refractivity contribution is 0.0946. The third kappa shape index (κ3) is 4.32. The number of hydrogen-bond acceptors (Lipinski definition) is 6. The van der Waals surface area contributed by atoms with Crippen molar-refractivity contribution in [3.8, 4) is 17.2 Å². The van der Waals surface area contributed by atoms with Gasteiger partial charge in [0, 0.05) is 31.5 Å². The first-order chi connectivity index (χ1) is 15.4. The second-order valence-corrected chi connectivity index (χ2v) is 9.06. The highest BCUT2D eigenvalue weighted by Gasteiger charge is 2.21. The number of imidazole rings is 1. The van der Waals surface area contributed by atoms with E-state index in [9.17, 15) is 13.2 Å². The predicted octanol–water partition coefficient (Wildman–Crippen LogP) is 2.56. The average Bonchev–Trinajstić information content (AvgIpc) is 3.48. The molecule has 9 nitrogen and oxygen atoms in total. The highest BCUT2D eigenvalue weighted by molar-refractivity contribution is 7.89. The van der Waals surface area contributed by atoms with Gasteiger partial charge in [0.05, 0.1) is 4.90 Å². The van der Waals surface area contributed by atoms with Crippen molar-refractivity contribution in [3.63, 3.8) is 0 Å². The monoisotopic (exact) mass is 456 g/mol. The van der Waals surface area contributed by atoms with E-state index in [-0.39, 0.29) is 23.3 Å². The maximum atomic E-state index is 12.6. The number of fused-ring (bicyclic) bond motifs is 1. The first-order valence-electron chi connectivity index (χ1n) is 10.2. The number of amides is 1. The third-order valence-corrected chi connectivity index (χ3v) is 7.25. The Hall–Kier alpha value is -3.37. The van der Waals surface area contributed by atoms with E-state index in [1.165, 1.54) is 10.6 Å². The molecule has 1 amide bonds. The van der Waals surface area contributed by atoms with Gasteiger partial charge in [-0.3, -0.25) is 4.79 Å². The minimum Gasteiger partial charge on any atom is -0.454 e. The van der Waals surface area contributed by atoms with E-state index >= 15 is 0 Å². The Labute approximate surface area is 186 Å². The number of sulfonamides is 1. The molecule has 0 radical (unpaired) electrons. The van der Waals surface area contributed by atoms with Gasteiger partial charge in [-0.15, -0.1) is 0 Å². The Bertz CT molecular complexity index is 1220. The first kappa shape index (κ1) is 21.8. The molecule has 4 rings (SSSR count). The van der Waals surface area contributed by atoms with Crippen LogP contribution in [0.5, 0.6) is 11.5 Å². The van der Waals surface area contributed by atoms with Gasteiger partial charge in [0.2, 0.25) is 16.8 Å². The molecule has 1 aliphatic heterocycles. The summed E-state index contributed by atoms with van der Waals surface area (Å²) in [7, 11) is -3.52. The third-order valence-electron chi connectivity index (χ3n) is 5.18. The van der Waals surface area contributed by atoms with Crippen LogP contribution < -0.4 is 14.8 Å². The lowest BCUT2D eigenvalue weighted by Crippen LogP contribution is -2.30. The summed E-state index contributed by atoms with van der Waals surface area (Å²) in [6.45, 7) is 4.95. The van der Waals surface area contributed by atoms with Crippen LogP contribution in [0.2, 0.25) is 0 Å². The SMILES string of the molecule is CCN(CC)S(=O)(=O)c1ccc(-n2cnc(C(=O)NCc3ccc4c(c3)OCO4)c2)cc1. The highest BCUT2D eigenvalue weighted by Crippen LogP contribution is 2.32. The minimum atomic E-state index is -3.52.